The Morgan fingerprint density at radius 3 is 2.78 bits per heavy atom. The monoisotopic (exact) mass is 247 g/mol. The molecule has 0 saturated carbocycles. The minimum atomic E-state index is -0.331. The van der Waals surface area contributed by atoms with E-state index in [0.29, 0.717) is 24.7 Å². The molecule has 1 rings (SSSR count). The van der Waals surface area contributed by atoms with E-state index in [9.17, 15) is 5.11 Å². The molecule has 0 bridgehead atoms. The van der Waals surface area contributed by atoms with E-state index in [0.717, 1.165) is 18.4 Å². The Kier molecular flexibility index (Phi) is 6.34. The Morgan fingerprint density at radius 2 is 2.17 bits per heavy atom. The first kappa shape index (κ1) is 14.6. The summed E-state index contributed by atoms with van der Waals surface area (Å²) >= 11 is 0. The van der Waals surface area contributed by atoms with Crippen LogP contribution in [0.5, 0.6) is 0 Å². The molecule has 0 fully saturated rings. The van der Waals surface area contributed by atoms with E-state index in [1.807, 2.05) is 12.1 Å². The fraction of sp³-hybridized carbons (Fsp3) is 0.571. The highest BCUT2D eigenvalue weighted by molar-refractivity contribution is 5.30. The molecular formula is C14H21N3O. The van der Waals surface area contributed by atoms with Crippen molar-refractivity contribution in [1.82, 2.24) is 10.3 Å². The molecule has 98 valence electrons. The lowest BCUT2D eigenvalue weighted by Crippen LogP contribution is -2.32. The number of nitriles is 1. The summed E-state index contributed by atoms with van der Waals surface area (Å²) < 4.78 is 0. The average Bonchev–Trinajstić information content (AvgIpc) is 2.40. The number of rotatable bonds is 7. The van der Waals surface area contributed by atoms with Crippen molar-refractivity contribution in [1.29, 1.82) is 5.26 Å². The number of hydrogen-bond acceptors (Lipinski definition) is 4. The number of hydrogen-bond donors (Lipinski definition) is 2. The van der Waals surface area contributed by atoms with Crippen molar-refractivity contribution < 1.29 is 5.11 Å². The van der Waals surface area contributed by atoms with Gasteiger partial charge in [0.25, 0.3) is 0 Å². The predicted molar refractivity (Wildman–Crippen MR) is 70.7 cm³/mol. The zero-order valence-corrected chi connectivity index (χ0v) is 11.1. The molecule has 1 aromatic rings. The highest BCUT2D eigenvalue weighted by atomic mass is 16.3. The van der Waals surface area contributed by atoms with Gasteiger partial charge in [-0.1, -0.05) is 32.8 Å². The number of nitrogens with one attached hydrogen (secondary N) is 1. The highest BCUT2D eigenvalue weighted by Crippen LogP contribution is 2.12. The number of aliphatic hydroxyl groups is 1. The molecule has 1 heterocycles. The van der Waals surface area contributed by atoms with E-state index in [1.54, 1.807) is 6.20 Å². The summed E-state index contributed by atoms with van der Waals surface area (Å²) in [4.78, 5) is 4.00. The molecule has 18 heavy (non-hydrogen) atoms. The Morgan fingerprint density at radius 1 is 1.44 bits per heavy atom. The van der Waals surface area contributed by atoms with Crippen LogP contribution in [0.25, 0.3) is 0 Å². The summed E-state index contributed by atoms with van der Waals surface area (Å²) in [5, 5.41) is 22.1. The molecule has 0 saturated heterocycles. The summed E-state index contributed by atoms with van der Waals surface area (Å²) in [5.74, 6) is 0.335. The lowest BCUT2D eigenvalue weighted by molar-refractivity contribution is 0.101. The van der Waals surface area contributed by atoms with Crippen LogP contribution in [-0.2, 0) is 6.54 Å². The van der Waals surface area contributed by atoms with Crippen molar-refractivity contribution in [3.8, 4) is 6.07 Å². The predicted octanol–water partition coefficient (Wildman–Crippen LogP) is 1.84. The molecule has 0 radical (unpaired) electrons. The Bertz CT molecular complexity index is 396. The number of pyridine rings is 1. The third-order valence-electron chi connectivity index (χ3n) is 3.26. The number of aliphatic hydroxyl groups excluding tert-OH is 1. The van der Waals surface area contributed by atoms with Crippen LogP contribution in [0.15, 0.2) is 18.3 Å². The molecule has 0 amide bonds. The van der Waals surface area contributed by atoms with Crippen LogP contribution >= 0.6 is 0 Å². The Hall–Kier alpha value is -1.44. The zero-order chi connectivity index (χ0) is 13.4. The van der Waals surface area contributed by atoms with Gasteiger partial charge in [0, 0.05) is 24.8 Å². The van der Waals surface area contributed by atoms with E-state index >= 15 is 0 Å². The summed E-state index contributed by atoms with van der Waals surface area (Å²) in [5.41, 5.74) is 1.32. The van der Waals surface area contributed by atoms with E-state index in [4.69, 9.17) is 5.26 Å². The second kappa shape index (κ2) is 7.80. The van der Waals surface area contributed by atoms with E-state index in [2.05, 4.69) is 30.2 Å². The molecule has 1 unspecified atom stereocenters. The largest absolute Gasteiger partial charge is 0.392 e. The Balaban J connectivity index is 2.44. The fourth-order valence-electron chi connectivity index (χ4n) is 2.04. The van der Waals surface area contributed by atoms with Gasteiger partial charge in [-0.15, -0.1) is 0 Å². The van der Waals surface area contributed by atoms with Gasteiger partial charge in [-0.05, 0) is 12.0 Å². The van der Waals surface area contributed by atoms with Crippen molar-refractivity contribution in [3.63, 3.8) is 0 Å². The summed E-state index contributed by atoms with van der Waals surface area (Å²) in [7, 11) is 0. The minimum absolute atomic E-state index is 0.331. The van der Waals surface area contributed by atoms with Gasteiger partial charge in [0.1, 0.15) is 11.8 Å². The van der Waals surface area contributed by atoms with Gasteiger partial charge >= 0.3 is 0 Å². The van der Waals surface area contributed by atoms with Gasteiger partial charge < -0.3 is 10.4 Å². The summed E-state index contributed by atoms with van der Waals surface area (Å²) in [6, 6.07) is 5.76. The van der Waals surface area contributed by atoms with Crippen LogP contribution in [0.3, 0.4) is 0 Å². The quantitative estimate of drug-likeness (QED) is 0.771. The normalized spacial score (nSPS) is 12.4. The third-order valence-corrected chi connectivity index (χ3v) is 3.26. The number of nitrogens with zero attached hydrogens (tertiary/aromatic N) is 2. The standard InChI is InChI=1S/C14H21N3O/c1-3-11(4-2)14(18)10-16-9-12-6-5-7-17-13(12)8-15/h5-7,11,14,16,18H,3-4,9-10H2,1-2H3. The van der Waals surface area contributed by atoms with Crippen molar-refractivity contribution >= 4 is 0 Å². The van der Waals surface area contributed by atoms with Crippen molar-refractivity contribution in [3.05, 3.63) is 29.6 Å². The molecule has 0 aliphatic rings. The lowest BCUT2D eigenvalue weighted by Gasteiger charge is -2.20. The maximum Gasteiger partial charge on any atom is 0.144 e. The maximum absolute atomic E-state index is 9.97. The first-order valence-electron chi connectivity index (χ1n) is 6.45. The molecule has 0 spiro atoms. The Labute approximate surface area is 109 Å². The van der Waals surface area contributed by atoms with Crippen LogP contribution in [0.1, 0.15) is 37.9 Å². The van der Waals surface area contributed by atoms with Crippen LogP contribution in [-0.4, -0.2) is 22.7 Å². The molecule has 1 aromatic heterocycles. The molecule has 0 aromatic carbocycles. The molecule has 4 nitrogen and oxygen atoms in total. The van der Waals surface area contributed by atoms with Gasteiger partial charge in [0.05, 0.1) is 6.10 Å². The van der Waals surface area contributed by atoms with Crippen LogP contribution in [0, 0.1) is 17.2 Å². The number of aromatic nitrogens is 1. The van der Waals surface area contributed by atoms with Crippen molar-refractivity contribution in [2.45, 2.75) is 39.3 Å². The molecular weight excluding hydrogens is 226 g/mol. The SMILES string of the molecule is CCC(CC)C(O)CNCc1cccnc1C#N. The van der Waals surface area contributed by atoms with Gasteiger partial charge in [-0.25, -0.2) is 4.98 Å². The van der Waals surface area contributed by atoms with Gasteiger partial charge in [-0.2, -0.15) is 5.26 Å². The van der Waals surface area contributed by atoms with E-state index in [-0.39, 0.29) is 6.10 Å². The molecule has 0 aliphatic heterocycles. The maximum atomic E-state index is 9.97. The van der Waals surface area contributed by atoms with E-state index < -0.39 is 0 Å². The van der Waals surface area contributed by atoms with Crippen LogP contribution < -0.4 is 5.32 Å². The first-order valence-corrected chi connectivity index (χ1v) is 6.45. The minimum Gasteiger partial charge on any atom is -0.392 e. The summed E-state index contributed by atoms with van der Waals surface area (Å²) in [6.45, 7) is 5.29. The fourth-order valence-corrected chi connectivity index (χ4v) is 2.04. The molecule has 4 heteroatoms. The summed E-state index contributed by atoms with van der Waals surface area (Å²) in [6.07, 6.45) is 3.24. The van der Waals surface area contributed by atoms with Gasteiger partial charge in [-0.3, -0.25) is 0 Å². The van der Waals surface area contributed by atoms with Crippen molar-refractivity contribution in [2.24, 2.45) is 5.92 Å². The molecule has 2 N–H and O–H groups in total. The topological polar surface area (TPSA) is 68.9 Å². The highest BCUT2D eigenvalue weighted by Gasteiger charge is 2.14. The van der Waals surface area contributed by atoms with Crippen LogP contribution in [0.4, 0.5) is 0 Å². The van der Waals surface area contributed by atoms with E-state index in [1.165, 1.54) is 0 Å². The third kappa shape index (κ3) is 4.10. The average molecular weight is 247 g/mol. The zero-order valence-electron chi connectivity index (χ0n) is 11.1. The first-order chi connectivity index (χ1) is 8.72. The second-order valence-corrected chi connectivity index (χ2v) is 4.40. The van der Waals surface area contributed by atoms with Crippen molar-refractivity contribution in [2.75, 3.05) is 6.54 Å². The lowest BCUT2D eigenvalue weighted by atomic mass is 9.96. The molecule has 1 atom stereocenters. The molecule has 0 aliphatic carbocycles. The second-order valence-electron chi connectivity index (χ2n) is 4.40. The van der Waals surface area contributed by atoms with Gasteiger partial charge in [0.2, 0.25) is 0 Å². The smallest absolute Gasteiger partial charge is 0.144 e. The van der Waals surface area contributed by atoms with Gasteiger partial charge in [0.15, 0.2) is 0 Å². The van der Waals surface area contributed by atoms with Crippen LogP contribution in [0.2, 0.25) is 0 Å².